The molecule has 1 aliphatic rings. The van der Waals surface area contributed by atoms with Crippen molar-refractivity contribution in [2.75, 3.05) is 13.1 Å². The van der Waals surface area contributed by atoms with E-state index < -0.39 is 0 Å². The van der Waals surface area contributed by atoms with Gasteiger partial charge in [0, 0.05) is 32.6 Å². The molecule has 1 fully saturated rings. The molecule has 1 atom stereocenters. The van der Waals surface area contributed by atoms with Crippen LogP contribution in [0.15, 0.2) is 24.3 Å². The molecule has 1 unspecified atom stereocenters. The van der Waals surface area contributed by atoms with E-state index in [4.69, 9.17) is 0 Å². The summed E-state index contributed by atoms with van der Waals surface area (Å²) in [4.78, 5) is 14.7. The van der Waals surface area contributed by atoms with Crippen LogP contribution in [0.3, 0.4) is 0 Å². The van der Waals surface area contributed by atoms with E-state index in [0.717, 1.165) is 38.9 Å². The maximum absolute atomic E-state index is 12.3. The summed E-state index contributed by atoms with van der Waals surface area (Å²) in [5.74, 6) is 1.14. The molecule has 0 aromatic heterocycles. The Morgan fingerprint density at radius 3 is 2.48 bits per heavy atom. The van der Waals surface area contributed by atoms with Gasteiger partial charge >= 0.3 is 0 Å². The van der Waals surface area contributed by atoms with Gasteiger partial charge in [-0.1, -0.05) is 51.5 Å². The molecule has 1 heterocycles. The number of hydrogen-bond donors (Lipinski definition) is 2. The smallest absolute Gasteiger partial charge is 0.220 e. The molecule has 1 aliphatic heterocycles. The highest BCUT2D eigenvalue weighted by Gasteiger charge is 2.18. The third-order valence-corrected chi connectivity index (χ3v) is 5.46. The Morgan fingerprint density at radius 1 is 1.24 bits per heavy atom. The zero-order valence-corrected chi connectivity index (χ0v) is 16.0. The lowest BCUT2D eigenvalue weighted by Crippen LogP contribution is -2.35. The number of piperidine rings is 1. The molecule has 2 N–H and O–H groups in total. The van der Waals surface area contributed by atoms with Gasteiger partial charge < -0.3 is 10.4 Å². The highest BCUT2D eigenvalue weighted by atomic mass is 16.3. The van der Waals surface area contributed by atoms with Gasteiger partial charge in [0.05, 0.1) is 6.10 Å². The topological polar surface area (TPSA) is 52.6 Å². The van der Waals surface area contributed by atoms with E-state index in [-0.39, 0.29) is 12.0 Å². The largest absolute Gasteiger partial charge is 0.393 e. The minimum absolute atomic E-state index is 0.141. The first-order valence-corrected chi connectivity index (χ1v) is 9.73. The van der Waals surface area contributed by atoms with E-state index in [1.165, 1.54) is 11.1 Å². The van der Waals surface area contributed by atoms with Gasteiger partial charge in [-0.2, -0.15) is 0 Å². The molecule has 25 heavy (non-hydrogen) atoms. The quantitative estimate of drug-likeness (QED) is 0.759. The standard InChI is InChI=1S/C21H34N2O2/c1-4-17(16(2)3)13-21(25)22-14-18-7-5-6-8-19(18)15-23-11-9-20(24)10-12-23/h5-8,16-17,20,24H,4,9-15H2,1-3H3,(H,22,25). The summed E-state index contributed by atoms with van der Waals surface area (Å²) >= 11 is 0. The fraction of sp³-hybridized carbons (Fsp3) is 0.667. The van der Waals surface area contributed by atoms with Gasteiger partial charge in [0.15, 0.2) is 0 Å². The summed E-state index contributed by atoms with van der Waals surface area (Å²) in [6.45, 7) is 9.90. The highest BCUT2D eigenvalue weighted by molar-refractivity contribution is 5.76. The van der Waals surface area contributed by atoms with Crippen molar-refractivity contribution in [2.24, 2.45) is 11.8 Å². The summed E-state index contributed by atoms with van der Waals surface area (Å²) in [5, 5.41) is 12.8. The molecule has 4 heteroatoms. The number of carbonyl (C=O) groups is 1. The third-order valence-electron chi connectivity index (χ3n) is 5.46. The SMILES string of the molecule is CCC(CC(=O)NCc1ccccc1CN1CCC(O)CC1)C(C)C. The van der Waals surface area contributed by atoms with E-state index in [1.807, 2.05) is 6.07 Å². The summed E-state index contributed by atoms with van der Waals surface area (Å²) in [5.41, 5.74) is 2.47. The first-order valence-electron chi connectivity index (χ1n) is 9.73. The van der Waals surface area contributed by atoms with Crippen LogP contribution in [-0.2, 0) is 17.9 Å². The molecular formula is C21H34N2O2. The number of aliphatic hydroxyl groups is 1. The number of benzene rings is 1. The van der Waals surface area contributed by atoms with Crippen LogP contribution in [-0.4, -0.2) is 35.1 Å². The number of rotatable bonds is 8. The maximum Gasteiger partial charge on any atom is 0.220 e. The number of nitrogens with zero attached hydrogens (tertiary/aromatic N) is 1. The van der Waals surface area contributed by atoms with Crippen LogP contribution in [0, 0.1) is 11.8 Å². The van der Waals surface area contributed by atoms with Crippen molar-refractivity contribution in [2.45, 2.75) is 65.6 Å². The number of hydrogen-bond acceptors (Lipinski definition) is 3. The number of amides is 1. The second-order valence-electron chi connectivity index (χ2n) is 7.67. The van der Waals surface area contributed by atoms with E-state index in [1.54, 1.807) is 0 Å². The zero-order valence-electron chi connectivity index (χ0n) is 16.0. The zero-order chi connectivity index (χ0) is 18.2. The second-order valence-corrected chi connectivity index (χ2v) is 7.67. The molecule has 1 aromatic carbocycles. The van der Waals surface area contributed by atoms with Gasteiger partial charge in [0.25, 0.3) is 0 Å². The number of likely N-dealkylation sites (tertiary alicyclic amines) is 1. The van der Waals surface area contributed by atoms with Crippen molar-refractivity contribution in [1.29, 1.82) is 0 Å². The molecule has 1 saturated heterocycles. The van der Waals surface area contributed by atoms with E-state index in [0.29, 0.717) is 24.8 Å². The molecule has 2 rings (SSSR count). The molecule has 0 aliphatic carbocycles. The lowest BCUT2D eigenvalue weighted by atomic mass is 9.90. The lowest BCUT2D eigenvalue weighted by molar-refractivity contribution is -0.122. The van der Waals surface area contributed by atoms with Gasteiger partial charge in [-0.05, 0) is 35.8 Å². The van der Waals surface area contributed by atoms with E-state index in [9.17, 15) is 9.90 Å². The van der Waals surface area contributed by atoms with Crippen LogP contribution < -0.4 is 5.32 Å². The molecule has 4 nitrogen and oxygen atoms in total. The normalized spacial score (nSPS) is 17.6. The fourth-order valence-electron chi connectivity index (χ4n) is 3.56. The van der Waals surface area contributed by atoms with Gasteiger partial charge in [-0.3, -0.25) is 9.69 Å². The number of nitrogens with one attached hydrogen (secondary N) is 1. The molecule has 140 valence electrons. The Hall–Kier alpha value is -1.39. The molecule has 0 saturated carbocycles. The molecule has 1 aromatic rings. The van der Waals surface area contributed by atoms with E-state index >= 15 is 0 Å². The van der Waals surface area contributed by atoms with E-state index in [2.05, 4.69) is 49.2 Å². The Bertz CT molecular complexity index is 536. The predicted molar refractivity (Wildman–Crippen MR) is 102 cm³/mol. The van der Waals surface area contributed by atoms with Crippen molar-refractivity contribution in [3.05, 3.63) is 35.4 Å². The highest BCUT2D eigenvalue weighted by Crippen LogP contribution is 2.19. The van der Waals surface area contributed by atoms with Gasteiger partial charge in [0.1, 0.15) is 0 Å². The first kappa shape index (κ1) is 19.9. The van der Waals surface area contributed by atoms with Gasteiger partial charge in [0.2, 0.25) is 5.91 Å². The summed E-state index contributed by atoms with van der Waals surface area (Å²) < 4.78 is 0. The van der Waals surface area contributed by atoms with Crippen LogP contribution in [0.25, 0.3) is 0 Å². The Morgan fingerprint density at radius 2 is 1.88 bits per heavy atom. The monoisotopic (exact) mass is 346 g/mol. The molecule has 0 bridgehead atoms. The van der Waals surface area contributed by atoms with Crippen molar-refractivity contribution in [1.82, 2.24) is 10.2 Å². The van der Waals surface area contributed by atoms with Crippen LogP contribution >= 0.6 is 0 Å². The minimum Gasteiger partial charge on any atom is -0.393 e. The molecule has 0 radical (unpaired) electrons. The average molecular weight is 347 g/mol. The summed E-state index contributed by atoms with van der Waals surface area (Å²) in [7, 11) is 0. The molecular weight excluding hydrogens is 312 g/mol. The van der Waals surface area contributed by atoms with Crippen LogP contribution in [0.2, 0.25) is 0 Å². The Kier molecular flexibility index (Phi) is 7.91. The predicted octanol–water partition coefficient (Wildman–Crippen LogP) is 3.33. The van der Waals surface area contributed by atoms with Gasteiger partial charge in [-0.15, -0.1) is 0 Å². The van der Waals surface area contributed by atoms with Gasteiger partial charge in [-0.25, -0.2) is 0 Å². The maximum atomic E-state index is 12.3. The van der Waals surface area contributed by atoms with Crippen LogP contribution in [0.4, 0.5) is 0 Å². The Balaban J connectivity index is 1.88. The van der Waals surface area contributed by atoms with Crippen molar-refractivity contribution in [3.63, 3.8) is 0 Å². The van der Waals surface area contributed by atoms with Crippen molar-refractivity contribution < 1.29 is 9.90 Å². The Labute approximate surface area is 152 Å². The number of carbonyl (C=O) groups excluding carboxylic acids is 1. The van der Waals surface area contributed by atoms with Crippen LogP contribution in [0.1, 0.15) is 57.6 Å². The van der Waals surface area contributed by atoms with Crippen molar-refractivity contribution in [3.8, 4) is 0 Å². The molecule has 1 amide bonds. The first-order chi connectivity index (χ1) is 12.0. The summed E-state index contributed by atoms with van der Waals surface area (Å²) in [6.07, 6.45) is 3.22. The lowest BCUT2D eigenvalue weighted by Gasteiger charge is -2.30. The average Bonchev–Trinajstić information content (AvgIpc) is 2.60. The number of aliphatic hydroxyl groups excluding tert-OH is 1. The summed E-state index contributed by atoms with van der Waals surface area (Å²) in [6, 6.07) is 8.35. The minimum atomic E-state index is -0.141. The second kappa shape index (κ2) is 9.93. The molecule has 0 spiro atoms. The van der Waals surface area contributed by atoms with Crippen molar-refractivity contribution >= 4 is 5.91 Å². The van der Waals surface area contributed by atoms with Crippen LogP contribution in [0.5, 0.6) is 0 Å². The third kappa shape index (κ3) is 6.44. The fourth-order valence-corrected chi connectivity index (χ4v) is 3.56.